The summed E-state index contributed by atoms with van der Waals surface area (Å²) in [5, 5.41) is 5.47. The van der Waals surface area contributed by atoms with Crippen molar-refractivity contribution < 1.29 is 18.7 Å². The quantitative estimate of drug-likeness (QED) is 0.633. The van der Waals surface area contributed by atoms with Gasteiger partial charge in [-0.2, -0.15) is 0 Å². The fourth-order valence-electron chi connectivity index (χ4n) is 3.04. The Morgan fingerprint density at radius 3 is 2.03 bits per heavy atom. The predicted molar refractivity (Wildman–Crippen MR) is 108 cm³/mol. The molecule has 1 saturated carbocycles. The summed E-state index contributed by atoms with van der Waals surface area (Å²) < 4.78 is 18.9. The third-order valence-electron chi connectivity index (χ3n) is 4.66. The Bertz CT molecular complexity index is 1020. The molecule has 1 aliphatic rings. The number of benzene rings is 3. The first-order chi connectivity index (χ1) is 14.1. The zero-order valence-corrected chi connectivity index (χ0v) is 15.5. The van der Waals surface area contributed by atoms with Crippen molar-refractivity contribution in [2.45, 2.75) is 6.42 Å². The van der Waals surface area contributed by atoms with Crippen molar-refractivity contribution >= 4 is 23.2 Å². The molecule has 0 bridgehead atoms. The maximum absolute atomic E-state index is 13.2. The van der Waals surface area contributed by atoms with Crippen LogP contribution in [0.5, 0.6) is 11.5 Å². The first kappa shape index (κ1) is 18.7. The van der Waals surface area contributed by atoms with Gasteiger partial charge in [0.25, 0.3) is 0 Å². The van der Waals surface area contributed by atoms with E-state index in [1.165, 1.54) is 18.2 Å². The van der Waals surface area contributed by atoms with Crippen molar-refractivity contribution in [1.29, 1.82) is 0 Å². The summed E-state index contributed by atoms with van der Waals surface area (Å²) in [5.41, 5.74) is 1.02. The molecule has 2 unspecified atom stereocenters. The molecule has 1 fully saturated rings. The van der Waals surface area contributed by atoms with Crippen LogP contribution in [0.1, 0.15) is 6.42 Å². The minimum Gasteiger partial charge on any atom is -0.457 e. The minimum atomic E-state index is -0.424. The van der Waals surface area contributed by atoms with Crippen LogP contribution in [-0.2, 0) is 9.59 Å². The summed E-state index contributed by atoms with van der Waals surface area (Å²) in [4.78, 5) is 24.6. The van der Waals surface area contributed by atoms with Crippen molar-refractivity contribution in [2.75, 3.05) is 10.6 Å². The van der Waals surface area contributed by atoms with E-state index in [0.717, 1.165) is 5.75 Å². The second-order valence-corrected chi connectivity index (χ2v) is 6.88. The topological polar surface area (TPSA) is 67.4 Å². The summed E-state index contributed by atoms with van der Waals surface area (Å²) in [6.45, 7) is 0. The largest absolute Gasteiger partial charge is 0.457 e. The molecule has 3 aromatic rings. The average Bonchev–Trinajstić information content (AvgIpc) is 3.52. The number of rotatable bonds is 6. The maximum atomic E-state index is 13.2. The number of carbonyl (C=O) groups is 2. The Balaban J connectivity index is 1.29. The molecular weight excluding hydrogens is 371 g/mol. The number of hydrogen-bond donors (Lipinski definition) is 2. The Labute approximate surface area is 167 Å². The highest BCUT2D eigenvalue weighted by molar-refractivity contribution is 6.03. The Hall–Kier alpha value is -3.67. The fraction of sp³-hybridized carbons (Fsp3) is 0.130. The zero-order valence-electron chi connectivity index (χ0n) is 15.5. The molecule has 0 heterocycles. The molecule has 146 valence electrons. The molecule has 2 N–H and O–H groups in total. The van der Waals surface area contributed by atoms with Gasteiger partial charge < -0.3 is 15.4 Å². The summed E-state index contributed by atoms with van der Waals surface area (Å²) in [6, 6.07) is 22.1. The number of halogens is 1. The van der Waals surface area contributed by atoms with Crippen LogP contribution in [0.2, 0.25) is 0 Å². The molecule has 29 heavy (non-hydrogen) atoms. The van der Waals surface area contributed by atoms with Gasteiger partial charge in [-0.3, -0.25) is 9.59 Å². The van der Waals surface area contributed by atoms with Gasteiger partial charge in [-0.15, -0.1) is 0 Å². The standard InChI is InChI=1S/C23H19FN2O3/c24-15-5-4-6-17(13-15)26-23(28)21-14-20(21)22(27)25-16-9-11-19(12-10-16)29-18-7-2-1-3-8-18/h1-13,20-21H,14H2,(H,25,27)(H,26,28). The number of anilines is 2. The molecule has 5 nitrogen and oxygen atoms in total. The highest BCUT2D eigenvalue weighted by atomic mass is 19.1. The van der Waals surface area contributed by atoms with Crippen molar-refractivity contribution in [3.63, 3.8) is 0 Å². The lowest BCUT2D eigenvalue weighted by Gasteiger charge is -2.08. The van der Waals surface area contributed by atoms with Gasteiger partial charge in [0.15, 0.2) is 0 Å². The van der Waals surface area contributed by atoms with Gasteiger partial charge in [-0.05, 0) is 61.0 Å². The van der Waals surface area contributed by atoms with Crippen molar-refractivity contribution in [3.8, 4) is 11.5 Å². The third-order valence-corrected chi connectivity index (χ3v) is 4.66. The number of hydrogen-bond acceptors (Lipinski definition) is 3. The van der Waals surface area contributed by atoms with Crippen molar-refractivity contribution in [2.24, 2.45) is 11.8 Å². The molecule has 2 atom stereocenters. The van der Waals surface area contributed by atoms with E-state index in [2.05, 4.69) is 10.6 Å². The van der Waals surface area contributed by atoms with Crippen LogP contribution >= 0.6 is 0 Å². The van der Waals surface area contributed by atoms with Crippen LogP contribution in [0.3, 0.4) is 0 Å². The average molecular weight is 390 g/mol. The summed E-state index contributed by atoms with van der Waals surface area (Å²) in [5.74, 6) is -0.304. The van der Waals surface area contributed by atoms with Gasteiger partial charge in [0.05, 0.1) is 11.8 Å². The molecule has 6 heteroatoms. The van der Waals surface area contributed by atoms with Crippen LogP contribution in [0.15, 0.2) is 78.9 Å². The second kappa shape index (κ2) is 8.14. The number of para-hydroxylation sites is 1. The Morgan fingerprint density at radius 1 is 0.759 bits per heavy atom. The Kier molecular flexibility index (Phi) is 5.24. The molecular formula is C23H19FN2O3. The van der Waals surface area contributed by atoms with Crippen molar-refractivity contribution in [3.05, 3.63) is 84.7 Å². The number of carbonyl (C=O) groups excluding carboxylic acids is 2. The van der Waals surface area contributed by atoms with Gasteiger partial charge in [-0.1, -0.05) is 24.3 Å². The van der Waals surface area contributed by atoms with Crippen LogP contribution in [0.4, 0.5) is 15.8 Å². The van der Waals surface area contributed by atoms with Crippen LogP contribution < -0.4 is 15.4 Å². The summed E-state index contributed by atoms with van der Waals surface area (Å²) in [6.07, 6.45) is 0.474. The number of nitrogens with one attached hydrogen (secondary N) is 2. The number of amides is 2. The van der Waals surface area contributed by atoms with E-state index >= 15 is 0 Å². The van der Waals surface area contributed by atoms with Gasteiger partial charge in [0, 0.05) is 11.4 Å². The van der Waals surface area contributed by atoms with E-state index in [9.17, 15) is 14.0 Å². The lowest BCUT2D eigenvalue weighted by atomic mass is 10.2. The smallest absolute Gasteiger partial charge is 0.228 e. The number of ether oxygens (including phenoxy) is 1. The van der Waals surface area contributed by atoms with E-state index in [1.807, 2.05) is 30.3 Å². The van der Waals surface area contributed by atoms with Crippen LogP contribution in [0, 0.1) is 17.7 Å². The highest BCUT2D eigenvalue weighted by Crippen LogP contribution is 2.40. The zero-order chi connectivity index (χ0) is 20.2. The molecule has 3 aromatic carbocycles. The van der Waals surface area contributed by atoms with E-state index < -0.39 is 11.7 Å². The maximum Gasteiger partial charge on any atom is 0.228 e. The highest BCUT2D eigenvalue weighted by Gasteiger charge is 2.48. The molecule has 0 aromatic heterocycles. The normalized spacial score (nSPS) is 17.3. The van der Waals surface area contributed by atoms with Crippen molar-refractivity contribution in [1.82, 2.24) is 0 Å². The van der Waals surface area contributed by atoms with Crippen LogP contribution in [-0.4, -0.2) is 11.8 Å². The molecule has 0 saturated heterocycles. The minimum absolute atomic E-state index is 0.207. The van der Waals surface area contributed by atoms with E-state index in [1.54, 1.807) is 30.3 Å². The monoisotopic (exact) mass is 390 g/mol. The fourth-order valence-corrected chi connectivity index (χ4v) is 3.04. The van der Waals surface area contributed by atoms with Gasteiger partial charge in [-0.25, -0.2) is 4.39 Å². The van der Waals surface area contributed by atoms with Gasteiger partial charge in [0.2, 0.25) is 11.8 Å². The van der Waals surface area contributed by atoms with Crippen LogP contribution in [0.25, 0.3) is 0 Å². The molecule has 0 radical (unpaired) electrons. The van der Waals surface area contributed by atoms with Gasteiger partial charge >= 0.3 is 0 Å². The molecule has 1 aliphatic carbocycles. The lowest BCUT2D eigenvalue weighted by molar-refractivity contribution is -0.122. The molecule has 0 aliphatic heterocycles. The molecule has 2 amide bonds. The molecule has 4 rings (SSSR count). The summed E-state index contributed by atoms with van der Waals surface area (Å²) in [7, 11) is 0. The third kappa shape index (κ3) is 4.79. The summed E-state index contributed by atoms with van der Waals surface area (Å²) >= 11 is 0. The predicted octanol–water partition coefficient (Wildman–Crippen LogP) is 4.83. The lowest BCUT2D eigenvalue weighted by Crippen LogP contribution is -2.20. The molecule has 0 spiro atoms. The second-order valence-electron chi connectivity index (χ2n) is 6.88. The van der Waals surface area contributed by atoms with Gasteiger partial charge in [0.1, 0.15) is 17.3 Å². The van der Waals surface area contributed by atoms with E-state index in [4.69, 9.17) is 4.74 Å². The first-order valence-corrected chi connectivity index (χ1v) is 9.29. The first-order valence-electron chi connectivity index (χ1n) is 9.29. The van der Waals surface area contributed by atoms with E-state index in [-0.39, 0.29) is 17.7 Å². The van der Waals surface area contributed by atoms with E-state index in [0.29, 0.717) is 23.5 Å². The SMILES string of the molecule is O=C(Nc1ccc(Oc2ccccc2)cc1)C1CC1C(=O)Nc1cccc(F)c1. The Morgan fingerprint density at radius 2 is 1.38 bits per heavy atom.